The minimum absolute atomic E-state index is 0.0460. The van der Waals surface area contributed by atoms with E-state index in [9.17, 15) is 18.0 Å². The Kier molecular flexibility index (Phi) is 7.25. The molecule has 10 heteroatoms. The second kappa shape index (κ2) is 10.0. The van der Waals surface area contributed by atoms with Crippen molar-refractivity contribution in [2.45, 2.75) is 57.5 Å². The summed E-state index contributed by atoms with van der Waals surface area (Å²) in [5.74, 6) is -0.958. The van der Waals surface area contributed by atoms with Gasteiger partial charge in [-0.1, -0.05) is 23.8 Å². The number of thiazole rings is 1. The van der Waals surface area contributed by atoms with Crippen molar-refractivity contribution >= 4 is 43.5 Å². The highest BCUT2D eigenvalue weighted by atomic mass is 32.2. The third-order valence-corrected chi connectivity index (χ3v) is 9.33. The zero-order valence-corrected chi connectivity index (χ0v) is 21.9. The highest BCUT2D eigenvalue weighted by Crippen LogP contribution is 2.26. The first-order valence-corrected chi connectivity index (χ1v) is 13.8. The average Bonchev–Trinajstić information content (AvgIpc) is 3.15. The number of hydrogen-bond acceptors (Lipinski definition) is 6. The van der Waals surface area contributed by atoms with E-state index in [1.165, 1.54) is 47.0 Å². The van der Waals surface area contributed by atoms with Crippen LogP contribution in [0.4, 0.5) is 0 Å². The lowest BCUT2D eigenvalue weighted by Crippen LogP contribution is -2.41. The van der Waals surface area contributed by atoms with Crippen LogP contribution in [-0.2, 0) is 26.1 Å². The van der Waals surface area contributed by atoms with E-state index in [2.05, 4.69) is 4.99 Å². The number of nitrogens with zero attached hydrogens (tertiary/aromatic N) is 3. The highest BCUT2D eigenvalue weighted by Gasteiger charge is 2.31. The largest absolute Gasteiger partial charge is 0.468 e. The zero-order valence-electron chi connectivity index (χ0n) is 20.3. The Morgan fingerprint density at radius 2 is 1.86 bits per heavy atom. The summed E-state index contributed by atoms with van der Waals surface area (Å²) in [5.41, 5.74) is 3.13. The van der Waals surface area contributed by atoms with Crippen LogP contribution in [0.15, 0.2) is 46.3 Å². The van der Waals surface area contributed by atoms with Crippen molar-refractivity contribution in [1.29, 1.82) is 0 Å². The van der Waals surface area contributed by atoms with Gasteiger partial charge in [0.25, 0.3) is 5.91 Å². The molecule has 0 bridgehead atoms. The average molecular weight is 516 g/mol. The van der Waals surface area contributed by atoms with Crippen molar-refractivity contribution in [3.63, 3.8) is 0 Å². The molecule has 0 radical (unpaired) electrons. The maximum absolute atomic E-state index is 13.1. The Morgan fingerprint density at radius 3 is 2.51 bits per heavy atom. The van der Waals surface area contributed by atoms with Gasteiger partial charge in [0.1, 0.15) is 6.54 Å². The fourth-order valence-electron chi connectivity index (χ4n) is 4.50. The lowest BCUT2D eigenvalue weighted by molar-refractivity contribution is -0.141. The lowest BCUT2D eigenvalue weighted by Gasteiger charge is -2.32. The molecule has 0 aliphatic carbocycles. The first-order valence-electron chi connectivity index (χ1n) is 11.5. The van der Waals surface area contributed by atoms with Gasteiger partial charge < -0.3 is 9.30 Å². The minimum Gasteiger partial charge on any atom is -0.468 e. The normalized spacial score (nSPS) is 17.6. The number of aryl methyl sites for hydroxylation is 2. The second-order valence-electron chi connectivity index (χ2n) is 8.88. The van der Waals surface area contributed by atoms with E-state index in [1.807, 2.05) is 32.9 Å². The molecule has 2 aromatic carbocycles. The Labute approximate surface area is 208 Å². The summed E-state index contributed by atoms with van der Waals surface area (Å²) in [5, 5.41) is 0. The first kappa shape index (κ1) is 25.3. The maximum atomic E-state index is 13.1. The first-order chi connectivity index (χ1) is 16.6. The molecule has 3 aromatic rings. The van der Waals surface area contributed by atoms with Gasteiger partial charge in [0.15, 0.2) is 4.80 Å². The second-order valence-corrected chi connectivity index (χ2v) is 11.8. The number of sulfonamides is 1. The van der Waals surface area contributed by atoms with Gasteiger partial charge in [0, 0.05) is 18.2 Å². The van der Waals surface area contributed by atoms with Crippen LogP contribution in [0, 0.1) is 13.8 Å². The number of hydrogen-bond donors (Lipinski definition) is 0. The van der Waals surface area contributed by atoms with Crippen molar-refractivity contribution in [2.24, 2.45) is 4.99 Å². The molecule has 1 amide bonds. The Balaban J connectivity index is 1.70. The summed E-state index contributed by atoms with van der Waals surface area (Å²) >= 11 is 1.32. The molecule has 1 aliphatic rings. The molecule has 0 saturated carbocycles. The molecule has 1 aromatic heterocycles. The molecule has 8 nitrogen and oxygen atoms in total. The van der Waals surface area contributed by atoms with Crippen molar-refractivity contribution in [3.05, 3.63) is 57.9 Å². The molecule has 1 unspecified atom stereocenters. The van der Waals surface area contributed by atoms with Crippen LogP contribution in [0.2, 0.25) is 0 Å². The molecule has 186 valence electrons. The van der Waals surface area contributed by atoms with Gasteiger partial charge in [-0.25, -0.2) is 8.42 Å². The molecular weight excluding hydrogens is 486 g/mol. The summed E-state index contributed by atoms with van der Waals surface area (Å²) in [6, 6.07) is 9.85. The van der Waals surface area contributed by atoms with Crippen molar-refractivity contribution < 1.29 is 22.7 Å². The van der Waals surface area contributed by atoms with Gasteiger partial charge in [-0.2, -0.15) is 9.30 Å². The van der Waals surface area contributed by atoms with Crippen LogP contribution in [-0.4, -0.2) is 48.9 Å². The zero-order chi connectivity index (χ0) is 25.3. The Bertz CT molecular complexity index is 1450. The topological polar surface area (TPSA) is 98.0 Å². The van der Waals surface area contributed by atoms with E-state index in [-0.39, 0.29) is 23.0 Å². The van der Waals surface area contributed by atoms with E-state index in [0.29, 0.717) is 11.3 Å². The Morgan fingerprint density at radius 1 is 1.14 bits per heavy atom. The standard InChI is InChI=1S/C25H29N3O5S2/c1-16-13-17(2)23-21(14-16)34-25(27(23)15-22(29)33-4)26-24(30)19-8-10-20(11-9-19)35(31,32)28-12-6-5-7-18(28)3/h8-11,13-14,18H,5-7,12,15H2,1-4H3. The number of amides is 1. The molecule has 0 N–H and O–H groups in total. The summed E-state index contributed by atoms with van der Waals surface area (Å²) < 4.78 is 35.1. The highest BCUT2D eigenvalue weighted by molar-refractivity contribution is 7.89. The smallest absolute Gasteiger partial charge is 0.325 e. The van der Waals surface area contributed by atoms with Crippen LogP contribution in [0.3, 0.4) is 0 Å². The number of aromatic nitrogens is 1. The third-order valence-electron chi connectivity index (χ3n) is 6.27. The predicted molar refractivity (Wildman–Crippen MR) is 135 cm³/mol. The molecule has 4 rings (SSSR count). The van der Waals surface area contributed by atoms with Gasteiger partial charge in [-0.15, -0.1) is 0 Å². The van der Waals surface area contributed by atoms with Crippen LogP contribution in [0.25, 0.3) is 10.2 Å². The number of benzene rings is 2. The Hall–Kier alpha value is -2.82. The predicted octanol–water partition coefficient (Wildman–Crippen LogP) is 3.80. The molecule has 0 spiro atoms. The number of rotatable bonds is 5. The van der Waals surface area contributed by atoms with E-state index >= 15 is 0 Å². The number of esters is 1. The minimum atomic E-state index is -3.62. The van der Waals surface area contributed by atoms with Gasteiger partial charge in [0.05, 0.1) is 22.2 Å². The number of carbonyl (C=O) groups excluding carboxylic acids is 2. The number of methoxy groups -OCH3 is 1. The fourth-order valence-corrected chi connectivity index (χ4v) is 7.41. The fraction of sp³-hybridized carbons (Fsp3) is 0.400. The number of piperidine rings is 1. The van der Waals surface area contributed by atoms with E-state index < -0.39 is 21.9 Å². The van der Waals surface area contributed by atoms with Crippen LogP contribution >= 0.6 is 11.3 Å². The molecule has 1 saturated heterocycles. The number of fused-ring (bicyclic) bond motifs is 1. The van der Waals surface area contributed by atoms with Crippen molar-refractivity contribution in [3.8, 4) is 0 Å². The van der Waals surface area contributed by atoms with E-state index in [1.54, 1.807) is 4.57 Å². The molecule has 1 fully saturated rings. The molecule has 2 heterocycles. The van der Waals surface area contributed by atoms with Crippen molar-refractivity contribution in [1.82, 2.24) is 8.87 Å². The quantitative estimate of drug-likeness (QED) is 0.482. The summed E-state index contributed by atoms with van der Waals surface area (Å²) in [4.78, 5) is 29.9. The summed E-state index contributed by atoms with van der Waals surface area (Å²) in [6.07, 6.45) is 2.71. The van der Waals surface area contributed by atoms with Gasteiger partial charge in [0.2, 0.25) is 10.0 Å². The molecule has 1 atom stereocenters. The summed E-state index contributed by atoms with van der Waals surface area (Å²) in [7, 11) is -2.31. The van der Waals surface area contributed by atoms with Crippen LogP contribution in [0.5, 0.6) is 0 Å². The van der Waals surface area contributed by atoms with Crippen LogP contribution in [0.1, 0.15) is 47.7 Å². The third kappa shape index (κ3) is 5.10. The van der Waals surface area contributed by atoms with Gasteiger partial charge >= 0.3 is 5.97 Å². The van der Waals surface area contributed by atoms with Crippen molar-refractivity contribution in [2.75, 3.05) is 13.7 Å². The maximum Gasteiger partial charge on any atom is 0.325 e. The monoisotopic (exact) mass is 515 g/mol. The van der Waals surface area contributed by atoms with E-state index in [0.717, 1.165) is 40.6 Å². The molecular formula is C25H29N3O5S2. The number of ether oxygens (including phenoxy) is 1. The van der Waals surface area contributed by atoms with Gasteiger partial charge in [-0.3, -0.25) is 9.59 Å². The van der Waals surface area contributed by atoms with E-state index in [4.69, 9.17) is 4.74 Å². The lowest BCUT2D eigenvalue weighted by atomic mass is 10.1. The number of carbonyl (C=O) groups is 2. The SMILES string of the molecule is COC(=O)Cn1c(=NC(=O)c2ccc(S(=O)(=O)N3CCCCC3C)cc2)sc2cc(C)cc(C)c21. The van der Waals surface area contributed by atoms with Crippen LogP contribution < -0.4 is 4.80 Å². The molecule has 1 aliphatic heterocycles. The van der Waals surface area contributed by atoms with Gasteiger partial charge in [-0.05, 0) is 75.1 Å². The summed E-state index contributed by atoms with van der Waals surface area (Å²) in [6.45, 7) is 6.29. The molecule has 35 heavy (non-hydrogen) atoms.